The third-order valence-electron chi connectivity index (χ3n) is 3.95. The van der Waals surface area contributed by atoms with E-state index in [1.165, 1.54) is 4.90 Å². The molecule has 0 aliphatic rings. The molecule has 0 saturated heterocycles. The fraction of sp³-hybridized carbons (Fsp3) is 0.263. The summed E-state index contributed by atoms with van der Waals surface area (Å²) < 4.78 is 5.08. The number of Topliss-reactive ketones (excluding diaryl/α,β-unsaturated/α-hetero) is 1. The Morgan fingerprint density at radius 1 is 0.957 bits per heavy atom. The first kappa shape index (κ1) is 16.7. The molecule has 0 bridgehead atoms. The van der Waals surface area contributed by atoms with Crippen LogP contribution in [0.2, 0.25) is 0 Å². The van der Waals surface area contributed by atoms with E-state index in [4.69, 9.17) is 4.74 Å². The molecule has 23 heavy (non-hydrogen) atoms. The first-order valence-corrected chi connectivity index (χ1v) is 7.46. The molecule has 0 fully saturated rings. The molecule has 0 aliphatic carbocycles. The highest BCUT2D eigenvalue weighted by atomic mass is 16.5. The minimum absolute atomic E-state index is 0.0747. The zero-order chi connectivity index (χ0) is 17.0. The van der Waals surface area contributed by atoms with E-state index in [9.17, 15) is 9.59 Å². The maximum atomic E-state index is 12.5. The molecule has 0 saturated carbocycles. The minimum atomic E-state index is -0.535. The van der Waals surface area contributed by atoms with Crippen LogP contribution in [0.1, 0.15) is 33.2 Å². The maximum absolute atomic E-state index is 12.5. The summed E-state index contributed by atoms with van der Waals surface area (Å²) in [7, 11) is 3.22. The monoisotopic (exact) mass is 311 g/mol. The standard InChI is InChI=1S/C19H21NO3/c1-13-5-7-15(8-6-13)18(21)14(2)20(3)19(22)16-9-11-17(23-4)12-10-16/h5-12,14H,1-4H3. The largest absolute Gasteiger partial charge is 0.497 e. The third kappa shape index (κ3) is 3.77. The van der Waals surface area contributed by atoms with Crippen LogP contribution in [0.4, 0.5) is 0 Å². The number of hydrogen-bond acceptors (Lipinski definition) is 3. The lowest BCUT2D eigenvalue weighted by atomic mass is 10.0. The Morgan fingerprint density at radius 3 is 2.00 bits per heavy atom. The van der Waals surface area contributed by atoms with E-state index in [1.54, 1.807) is 57.5 Å². The van der Waals surface area contributed by atoms with Gasteiger partial charge >= 0.3 is 0 Å². The SMILES string of the molecule is COc1ccc(C(=O)N(C)C(C)C(=O)c2ccc(C)cc2)cc1. The zero-order valence-electron chi connectivity index (χ0n) is 13.9. The first-order valence-electron chi connectivity index (χ1n) is 7.46. The van der Waals surface area contributed by atoms with Gasteiger partial charge in [-0.2, -0.15) is 0 Å². The second kappa shape index (κ2) is 7.09. The van der Waals surface area contributed by atoms with Crippen molar-refractivity contribution in [1.82, 2.24) is 4.90 Å². The minimum Gasteiger partial charge on any atom is -0.497 e. The van der Waals surface area contributed by atoms with Crippen LogP contribution >= 0.6 is 0 Å². The third-order valence-corrected chi connectivity index (χ3v) is 3.95. The highest BCUT2D eigenvalue weighted by Crippen LogP contribution is 2.15. The molecule has 2 aromatic carbocycles. The molecule has 1 unspecified atom stereocenters. The van der Waals surface area contributed by atoms with Gasteiger partial charge in [0.15, 0.2) is 5.78 Å². The predicted octanol–water partition coefficient (Wildman–Crippen LogP) is 3.35. The van der Waals surface area contributed by atoms with Crippen molar-refractivity contribution in [3.05, 3.63) is 65.2 Å². The van der Waals surface area contributed by atoms with Crippen molar-refractivity contribution in [2.75, 3.05) is 14.2 Å². The summed E-state index contributed by atoms with van der Waals surface area (Å²) in [6.45, 7) is 3.71. The van der Waals surface area contributed by atoms with Crippen molar-refractivity contribution in [1.29, 1.82) is 0 Å². The van der Waals surface area contributed by atoms with Crippen LogP contribution in [-0.4, -0.2) is 36.8 Å². The lowest BCUT2D eigenvalue weighted by Gasteiger charge is -2.24. The van der Waals surface area contributed by atoms with Gasteiger partial charge in [-0.3, -0.25) is 9.59 Å². The topological polar surface area (TPSA) is 46.6 Å². The number of ketones is 1. The summed E-state index contributed by atoms with van der Waals surface area (Å²) in [6, 6.07) is 13.7. The van der Waals surface area contributed by atoms with Crippen molar-refractivity contribution in [2.24, 2.45) is 0 Å². The Morgan fingerprint density at radius 2 is 1.48 bits per heavy atom. The van der Waals surface area contributed by atoms with Gasteiger partial charge in [0.25, 0.3) is 5.91 Å². The smallest absolute Gasteiger partial charge is 0.254 e. The first-order chi connectivity index (χ1) is 10.9. The van der Waals surface area contributed by atoms with E-state index in [2.05, 4.69) is 0 Å². The van der Waals surface area contributed by atoms with E-state index < -0.39 is 6.04 Å². The van der Waals surface area contributed by atoms with Gasteiger partial charge in [0.05, 0.1) is 13.2 Å². The van der Waals surface area contributed by atoms with Crippen LogP contribution in [-0.2, 0) is 0 Å². The second-order valence-corrected chi connectivity index (χ2v) is 5.55. The molecule has 0 radical (unpaired) electrons. The number of amides is 1. The number of carbonyl (C=O) groups is 2. The number of rotatable bonds is 5. The van der Waals surface area contributed by atoms with Crippen LogP contribution in [0.15, 0.2) is 48.5 Å². The van der Waals surface area contributed by atoms with Crippen LogP contribution in [0.25, 0.3) is 0 Å². The number of aryl methyl sites for hydroxylation is 1. The van der Waals surface area contributed by atoms with Gasteiger partial charge in [0.2, 0.25) is 0 Å². The van der Waals surface area contributed by atoms with Crippen molar-refractivity contribution in [2.45, 2.75) is 19.9 Å². The van der Waals surface area contributed by atoms with Gasteiger partial charge in [-0.05, 0) is 38.1 Å². The van der Waals surface area contributed by atoms with Gasteiger partial charge in [-0.15, -0.1) is 0 Å². The summed E-state index contributed by atoms with van der Waals surface area (Å²) in [5.74, 6) is 0.419. The van der Waals surface area contributed by atoms with Gasteiger partial charge in [0, 0.05) is 18.2 Å². The summed E-state index contributed by atoms with van der Waals surface area (Å²) in [5, 5.41) is 0. The van der Waals surface area contributed by atoms with E-state index in [0.717, 1.165) is 5.56 Å². The number of nitrogens with zero attached hydrogens (tertiary/aromatic N) is 1. The van der Waals surface area contributed by atoms with E-state index in [0.29, 0.717) is 16.9 Å². The fourth-order valence-electron chi connectivity index (χ4n) is 2.25. The summed E-state index contributed by atoms with van der Waals surface area (Å²) >= 11 is 0. The molecule has 0 heterocycles. The molecule has 1 amide bonds. The molecule has 2 rings (SSSR count). The van der Waals surface area contributed by atoms with E-state index in [-0.39, 0.29) is 11.7 Å². The van der Waals surface area contributed by atoms with Gasteiger partial charge in [0.1, 0.15) is 5.75 Å². The maximum Gasteiger partial charge on any atom is 0.254 e. The summed E-state index contributed by atoms with van der Waals surface area (Å²) in [4.78, 5) is 26.5. The molecule has 120 valence electrons. The Hall–Kier alpha value is -2.62. The number of benzene rings is 2. The number of ether oxygens (including phenoxy) is 1. The average Bonchev–Trinajstić information content (AvgIpc) is 2.60. The van der Waals surface area contributed by atoms with E-state index >= 15 is 0 Å². The van der Waals surface area contributed by atoms with Crippen LogP contribution in [0, 0.1) is 6.92 Å². The second-order valence-electron chi connectivity index (χ2n) is 5.55. The molecular weight excluding hydrogens is 290 g/mol. The lowest BCUT2D eigenvalue weighted by Crippen LogP contribution is -2.40. The van der Waals surface area contributed by atoms with Gasteiger partial charge in [-0.1, -0.05) is 29.8 Å². The quantitative estimate of drug-likeness (QED) is 0.796. The molecule has 2 aromatic rings. The molecule has 4 nitrogen and oxygen atoms in total. The molecule has 1 atom stereocenters. The van der Waals surface area contributed by atoms with Crippen molar-refractivity contribution in [3.8, 4) is 5.75 Å². The molecule has 0 aliphatic heterocycles. The highest BCUT2D eigenvalue weighted by molar-refractivity contribution is 6.04. The molecule has 0 N–H and O–H groups in total. The summed E-state index contributed by atoms with van der Waals surface area (Å²) in [6.07, 6.45) is 0. The Kier molecular flexibility index (Phi) is 5.16. The molecule has 0 spiro atoms. The lowest BCUT2D eigenvalue weighted by molar-refractivity contribution is 0.0675. The van der Waals surface area contributed by atoms with E-state index in [1.807, 2.05) is 19.1 Å². The van der Waals surface area contributed by atoms with Gasteiger partial charge in [-0.25, -0.2) is 0 Å². The van der Waals surface area contributed by atoms with Gasteiger partial charge < -0.3 is 9.64 Å². The predicted molar refractivity (Wildman–Crippen MR) is 90.1 cm³/mol. The fourth-order valence-corrected chi connectivity index (χ4v) is 2.25. The van der Waals surface area contributed by atoms with Crippen LogP contribution < -0.4 is 4.74 Å². The number of carbonyl (C=O) groups excluding carboxylic acids is 2. The zero-order valence-corrected chi connectivity index (χ0v) is 13.9. The molecular formula is C19H21NO3. The molecule has 4 heteroatoms. The number of methoxy groups -OCH3 is 1. The average molecular weight is 311 g/mol. The number of likely N-dealkylation sites (N-methyl/N-ethyl adjacent to an activating group) is 1. The highest BCUT2D eigenvalue weighted by Gasteiger charge is 2.24. The Bertz CT molecular complexity index is 690. The van der Waals surface area contributed by atoms with Crippen LogP contribution in [0.3, 0.4) is 0 Å². The summed E-state index contributed by atoms with van der Waals surface area (Å²) in [5.41, 5.74) is 2.23. The van der Waals surface area contributed by atoms with Crippen molar-refractivity contribution >= 4 is 11.7 Å². The Labute approximate surface area is 136 Å². The molecule has 0 aromatic heterocycles. The number of hydrogen-bond donors (Lipinski definition) is 0. The Balaban J connectivity index is 2.14. The van der Waals surface area contributed by atoms with Crippen molar-refractivity contribution < 1.29 is 14.3 Å². The van der Waals surface area contributed by atoms with Crippen LogP contribution in [0.5, 0.6) is 5.75 Å². The normalized spacial score (nSPS) is 11.7. The van der Waals surface area contributed by atoms with Crippen molar-refractivity contribution in [3.63, 3.8) is 0 Å².